The summed E-state index contributed by atoms with van der Waals surface area (Å²) in [5.41, 5.74) is 0. The van der Waals surface area contributed by atoms with E-state index in [0.29, 0.717) is 23.4 Å². The molecule has 0 aliphatic carbocycles. The van der Waals surface area contributed by atoms with Gasteiger partial charge in [0, 0.05) is 26.1 Å². The van der Waals surface area contributed by atoms with E-state index in [1.54, 1.807) is 31.2 Å². The van der Waals surface area contributed by atoms with Crippen LogP contribution in [0.25, 0.3) is 0 Å². The maximum Gasteiger partial charge on any atom is 0.219 e. The van der Waals surface area contributed by atoms with Crippen LogP contribution >= 0.6 is 0 Å². The van der Waals surface area contributed by atoms with Gasteiger partial charge in [-0.3, -0.25) is 4.79 Å². The molecule has 27 heavy (non-hydrogen) atoms. The molecule has 0 spiro atoms. The van der Waals surface area contributed by atoms with Crippen LogP contribution in [-0.4, -0.2) is 62.1 Å². The van der Waals surface area contributed by atoms with Crippen molar-refractivity contribution in [3.63, 3.8) is 0 Å². The van der Waals surface area contributed by atoms with Gasteiger partial charge in [-0.05, 0) is 56.8 Å². The Morgan fingerprint density at radius 1 is 1.00 bits per heavy atom. The number of carbonyl (C=O) groups excluding carboxylic acids is 1. The molecule has 2 aliphatic heterocycles. The van der Waals surface area contributed by atoms with E-state index in [1.807, 2.05) is 6.07 Å². The van der Waals surface area contributed by atoms with E-state index < -0.39 is 9.84 Å². The second kappa shape index (κ2) is 9.20. The summed E-state index contributed by atoms with van der Waals surface area (Å²) in [6, 6.07) is 9.09. The molecule has 2 fully saturated rings. The monoisotopic (exact) mass is 392 g/mol. The van der Waals surface area contributed by atoms with Crippen molar-refractivity contribution >= 4 is 15.7 Å². The Labute approximate surface area is 163 Å². The molecule has 1 aromatic carbocycles. The second-order valence-corrected chi connectivity index (χ2v) is 10.0. The molecule has 5 nitrogen and oxygen atoms in total. The minimum Gasteiger partial charge on any atom is -0.340 e. The molecule has 0 radical (unpaired) electrons. The van der Waals surface area contributed by atoms with Crippen molar-refractivity contribution in [2.45, 2.75) is 56.4 Å². The van der Waals surface area contributed by atoms with Gasteiger partial charge in [-0.15, -0.1) is 0 Å². The third-order valence-corrected chi connectivity index (χ3v) is 7.87. The average molecular weight is 393 g/mol. The van der Waals surface area contributed by atoms with E-state index >= 15 is 0 Å². The van der Waals surface area contributed by atoms with Gasteiger partial charge >= 0.3 is 0 Å². The molecule has 0 unspecified atom stereocenters. The largest absolute Gasteiger partial charge is 0.340 e. The fourth-order valence-electron chi connectivity index (χ4n) is 4.57. The maximum atomic E-state index is 12.5. The quantitative estimate of drug-likeness (QED) is 0.773. The van der Waals surface area contributed by atoms with Crippen LogP contribution in [0.4, 0.5) is 0 Å². The van der Waals surface area contributed by atoms with Crippen molar-refractivity contribution in [3.05, 3.63) is 30.3 Å². The van der Waals surface area contributed by atoms with Gasteiger partial charge in [-0.1, -0.05) is 31.0 Å². The first-order chi connectivity index (χ1) is 13.0. The van der Waals surface area contributed by atoms with Gasteiger partial charge in [0.05, 0.1) is 10.6 Å². The van der Waals surface area contributed by atoms with E-state index in [9.17, 15) is 13.2 Å². The Morgan fingerprint density at radius 2 is 1.70 bits per heavy atom. The number of rotatable bonds is 5. The van der Waals surface area contributed by atoms with Gasteiger partial charge in [-0.25, -0.2) is 8.42 Å². The van der Waals surface area contributed by atoms with Gasteiger partial charge in [0.1, 0.15) is 0 Å². The Morgan fingerprint density at radius 3 is 2.37 bits per heavy atom. The normalized spacial score (nSPS) is 23.1. The summed E-state index contributed by atoms with van der Waals surface area (Å²) >= 11 is 0. The molecule has 1 amide bonds. The minimum atomic E-state index is -3.21. The Kier molecular flexibility index (Phi) is 6.93. The third kappa shape index (κ3) is 5.32. The van der Waals surface area contributed by atoms with Crippen molar-refractivity contribution in [1.29, 1.82) is 0 Å². The van der Waals surface area contributed by atoms with Crippen molar-refractivity contribution in [3.8, 4) is 0 Å². The summed E-state index contributed by atoms with van der Waals surface area (Å²) in [5, 5.41) is 0. The first-order valence-electron chi connectivity index (χ1n) is 10.2. The number of hydrogen-bond donors (Lipinski definition) is 0. The van der Waals surface area contributed by atoms with Crippen molar-refractivity contribution < 1.29 is 13.2 Å². The molecular formula is C21H32N2O3S. The highest BCUT2D eigenvalue weighted by atomic mass is 32.2. The molecule has 0 bridgehead atoms. The Bertz CT molecular complexity index is 712. The predicted octanol–water partition coefficient (Wildman–Crippen LogP) is 2.96. The second-order valence-electron chi connectivity index (χ2n) is 7.94. The van der Waals surface area contributed by atoms with Crippen molar-refractivity contribution in [2.24, 2.45) is 5.92 Å². The smallest absolute Gasteiger partial charge is 0.219 e. The number of benzene rings is 1. The lowest BCUT2D eigenvalue weighted by molar-refractivity contribution is -0.132. The standard InChI is InChI=1S/C21H32N2O3S/c1-18(24)23-13-7-3-6-10-21(23)19-11-14-22(15-12-19)16-17-27(25,26)20-8-4-2-5-9-20/h2,4-5,8-9,19,21H,3,6-7,10-17H2,1H3/t21-/m0/s1. The van der Waals surface area contributed by atoms with Crippen LogP contribution in [0.3, 0.4) is 0 Å². The number of nitrogens with zero attached hydrogens (tertiary/aromatic N) is 2. The Hall–Kier alpha value is -1.40. The van der Waals surface area contributed by atoms with E-state index in [4.69, 9.17) is 0 Å². The summed E-state index contributed by atoms with van der Waals surface area (Å²) in [6.45, 7) is 5.04. The van der Waals surface area contributed by atoms with E-state index in [1.165, 1.54) is 12.8 Å². The van der Waals surface area contributed by atoms with Crippen LogP contribution < -0.4 is 0 Å². The first-order valence-corrected chi connectivity index (χ1v) is 11.9. The molecule has 1 atom stereocenters. The van der Waals surface area contributed by atoms with Gasteiger partial charge in [0.15, 0.2) is 9.84 Å². The SMILES string of the molecule is CC(=O)N1CCCCC[C@H]1C1CCN(CCS(=O)(=O)c2ccccc2)CC1. The summed E-state index contributed by atoms with van der Waals surface area (Å²) in [7, 11) is -3.21. The molecule has 0 aromatic heterocycles. The van der Waals surface area contributed by atoms with Gasteiger partial charge in [0.25, 0.3) is 0 Å². The number of amides is 1. The van der Waals surface area contributed by atoms with Crippen LogP contribution in [-0.2, 0) is 14.6 Å². The van der Waals surface area contributed by atoms with E-state index in [-0.39, 0.29) is 11.7 Å². The van der Waals surface area contributed by atoms with Gasteiger partial charge < -0.3 is 9.80 Å². The number of likely N-dealkylation sites (tertiary alicyclic amines) is 2. The summed E-state index contributed by atoms with van der Waals surface area (Å²) < 4.78 is 24.9. The molecule has 3 rings (SSSR count). The number of hydrogen-bond acceptors (Lipinski definition) is 4. The zero-order chi connectivity index (χ0) is 19.3. The van der Waals surface area contributed by atoms with Gasteiger partial charge in [0.2, 0.25) is 5.91 Å². The van der Waals surface area contributed by atoms with Crippen LogP contribution in [0.15, 0.2) is 35.2 Å². The van der Waals surface area contributed by atoms with Crippen LogP contribution in [0, 0.1) is 5.92 Å². The molecule has 2 saturated heterocycles. The van der Waals surface area contributed by atoms with Crippen molar-refractivity contribution in [1.82, 2.24) is 9.80 Å². The third-order valence-electron chi connectivity index (χ3n) is 6.16. The summed E-state index contributed by atoms with van der Waals surface area (Å²) in [4.78, 5) is 16.9. The number of sulfone groups is 1. The molecule has 2 heterocycles. The van der Waals surface area contributed by atoms with Crippen molar-refractivity contribution in [2.75, 3.05) is 31.9 Å². The van der Waals surface area contributed by atoms with Gasteiger partial charge in [-0.2, -0.15) is 0 Å². The fraction of sp³-hybridized carbons (Fsp3) is 0.667. The van der Waals surface area contributed by atoms with E-state index in [2.05, 4.69) is 9.80 Å². The van der Waals surface area contributed by atoms with Crippen LogP contribution in [0.2, 0.25) is 0 Å². The number of piperidine rings is 1. The molecule has 1 aromatic rings. The minimum absolute atomic E-state index is 0.171. The zero-order valence-electron chi connectivity index (χ0n) is 16.3. The van der Waals surface area contributed by atoms with Crippen LogP contribution in [0.1, 0.15) is 45.4 Å². The fourth-order valence-corrected chi connectivity index (χ4v) is 5.88. The summed E-state index contributed by atoms with van der Waals surface area (Å²) in [6.07, 6.45) is 6.78. The molecule has 6 heteroatoms. The maximum absolute atomic E-state index is 12.5. The lowest BCUT2D eigenvalue weighted by Gasteiger charge is -2.40. The highest BCUT2D eigenvalue weighted by Crippen LogP contribution is 2.30. The first kappa shape index (κ1) is 20.3. The molecular weight excluding hydrogens is 360 g/mol. The Balaban J connectivity index is 1.52. The molecule has 2 aliphatic rings. The van der Waals surface area contributed by atoms with Crippen LogP contribution in [0.5, 0.6) is 0 Å². The zero-order valence-corrected chi connectivity index (χ0v) is 17.2. The molecule has 0 saturated carbocycles. The summed E-state index contributed by atoms with van der Waals surface area (Å²) in [5.74, 6) is 0.928. The average Bonchev–Trinajstić information content (AvgIpc) is 2.94. The highest BCUT2D eigenvalue weighted by Gasteiger charge is 2.32. The predicted molar refractivity (Wildman–Crippen MR) is 107 cm³/mol. The number of carbonyl (C=O) groups is 1. The molecule has 0 N–H and O–H groups in total. The highest BCUT2D eigenvalue weighted by molar-refractivity contribution is 7.91. The van der Waals surface area contributed by atoms with E-state index in [0.717, 1.165) is 45.3 Å². The topological polar surface area (TPSA) is 57.7 Å². The lowest BCUT2D eigenvalue weighted by atomic mass is 9.86. The molecule has 150 valence electrons. The lowest BCUT2D eigenvalue weighted by Crippen LogP contribution is -2.47.